The highest BCUT2D eigenvalue weighted by atomic mass is 16.5. The molecule has 6 nitrogen and oxygen atoms in total. The quantitative estimate of drug-likeness (QED) is 0.672. The maximum atomic E-state index is 12.1. The van der Waals surface area contributed by atoms with E-state index in [2.05, 4.69) is 5.32 Å². The van der Waals surface area contributed by atoms with Crippen molar-refractivity contribution in [3.63, 3.8) is 0 Å². The van der Waals surface area contributed by atoms with Crippen LogP contribution in [0.1, 0.15) is 16.7 Å². The summed E-state index contributed by atoms with van der Waals surface area (Å²) in [5.41, 5.74) is 2.63. The molecule has 0 fully saturated rings. The summed E-state index contributed by atoms with van der Waals surface area (Å²) in [4.78, 5) is 12.1. The van der Waals surface area contributed by atoms with Gasteiger partial charge in [0.25, 0.3) is 0 Å². The fourth-order valence-electron chi connectivity index (χ4n) is 2.32. The fourth-order valence-corrected chi connectivity index (χ4v) is 2.32. The van der Waals surface area contributed by atoms with E-state index in [0.717, 1.165) is 5.56 Å². The predicted molar refractivity (Wildman–Crippen MR) is 95.5 cm³/mol. The van der Waals surface area contributed by atoms with Crippen molar-refractivity contribution in [3.8, 4) is 11.5 Å². The number of hydrogen-bond donors (Lipinski definition) is 3. The molecule has 0 bridgehead atoms. The van der Waals surface area contributed by atoms with E-state index >= 15 is 0 Å². The summed E-state index contributed by atoms with van der Waals surface area (Å²) >= 11 is 0. The number of methoxy groups -OCH3 is 2. The van der Waals surface area contributed by atoms with Gasteiger partial charge in [-0.25, -0.2) is 0 Å². The van der Waals surface area contributed by atoms with Crippen molar-refractivity contribution in [2.45, 2.75) is 13.2 Å². The van der Waals surface area contributed by atoms with Crippen LogP contribution in [0.3, 0.4) is 0 Å². The molecule has 132 valence electrons. The van der Waals surface area contributed by atoms with E-state index in [1.165, 1.54) is 13.2 Å². The monoisotopic (exact) mass is 343 g/mol. The molecule has 0 aliphatic carbocycles. The van der Waals surface area contributed by atoms with Crippen LogP contribution in [-0.2, 0) is 18.0 Å². The molecule has 0 atom stereocenters. The first-order valence-corrected chi connectivity index (χ1v) is 7.66. The van der Waals surface area contributed by atoms with Crippen LogP contribution in [0.2, 0.25) is 0 Å². The number of aliphatic hydroxyl groups is 2. The summed E-state index contributed by atoms with van der Waals surface area (Å²) in [6.07, 6.45) is 3.03. The van der Waals surface area contributed by atoms with Crippen molar-refractivity contribution in [1.82, 2.24) is 0 Å². The molecule has 0 saturated carbocycles. The van der Waals surface area contributed by atoms with Gasteiger partial charge >= 0.3 is 0 Å². The van der Waals surface area contributed by atoms with Gasteiger partial charge in [0, 0.05) is 17.8 Å². The number of rotatable bonds is 7. The van der Waals surface area contributed by atoms with Gasteiger partial charge in [0.15, 0.2) is 11.5 Å². The van der Waals surface area contributed by atoms with Crippen LogP contribution in [0.25, 0.3) is 6.08 Å². The molecule has 25 heavy (non-hydrogen) atoms. The highest BCUT2D eigenvalue weighted by molar-refractivity contribution is 6.02. The van der Waals surface area contributed by atoms with Gasteiger partial charge in [-0.3, -0.25) is 4.79 Å². The summed E-state index contributed by atoms with van der Waals surface area (Å²) < 4.78 is 10.3. The largest absolute Gasteiger partial charge is 0.493 e. The molecule has 1 amide bonds. The minimum atomic E-state index is -0.302. The van der Waals surface area contributed by atoms with E-state index in [1.54, 1.807) is 49.6 Å². The molecule has 0 aromatic heterocycles. The molecule has 0 heterocycles. The van der Waals surface area contributed by atoms with Gasteiger partial charge in [-0.15, -0.1) is 0 Å². The van der Waals surface area contributed by atoms with Crippen LogP contribution < -0.4 is 14.8 Å². The smallest absolute Gasteiger partial charge is 0.248 e. The highest BCUT2D eigenvalue weighted by Crippen LogP contribution is 2.29. The van der Waals surface area contributed by atoms with Crippen molar-refractivity contribution in [2.24, 2.45) is 0 Å². The Morgan fingerprint density at radius 2 is 1.72 bits per heavy atom. The minimum absolute atomic E-state index is 0.139. The maximum Gasteiger partial charge on any atom is 0.248 e. The van der Waals surface area contributed by atoms with Crippen molar-refractivity contribution < 1.29 is 24.5 Å². The molecule has 2 rings (SSSR count). The average molecular weight is 343 g/mol. The number of ether oxygens (including phenoxy) is 2. The Kier molecular flexibility index (Phi) is 6.56. The summed E-state index contributed by atoms with van der Waals surface area (Å²) in [6.45, 7) is -0.310. The van der Waals surface area contributed by atoms with E-state index in [-0.39, 0.29) is 19.1 Å². The van der Waals surface area contributed by atoms with E-state index in [0.29, 0.717) is 28.3 Å². The summed E-state index contributed by atoms with van der Waals surface area (Å²) in [5.74, 6) is 0.803. The highest BCUT2D eigenvalue weighted by Gasteiger charge is 2.06. The van der Waals surface area contributed by atoms with Gasteiger partial charge < -0.3 is 25.0 Å². The van der Waals surface area contributed by atoms with Gasteiger partial charge in [0.2, 0.25) is 5.91 Å². The van der Waals surface area contributed by atoms with Crippen molar-refractivity contribution in [3.05, 3.63) is 59.2 Å². The normalized spacial score (nSPS) is 10.7. The van der Waals surface area contributed by atoms with Gasteiger partial charge in [-0.2, -0.15) is 0 Å². The minimum Gasteiger partial charge on any atom is -0.493 e. The Morgan fingerprint density at radius 3 is 2.36 bits per heavy atom. The molecule has 3 N–H and O–H groups in total. The van der Waals surface area contributed by atoms with Crippen molar-refractivity contribution in [2.75, 3.05) is 19.5 Å². The van der Waals surface area contributed by atoms with E-state index in [4.69, 9.17) is 9.47 Å². The molecule has 6 heteroatoms. The molecule has 0 unspecified atom stereocenters. The maximum absolute atomic E-state index is 12.1. The Labute approximate surface area is 146 Å². The Bertz CT molecular complexity index is 770. The molecule has 0 aliphatic rings. The average Bonchev–Trinajstić information content (AvgIpc) is 2.65. The zero-order valence-electron chi connectivity index (χ0n) is 14.2. The SMILES string of the molecule is COc1ccc(NC(=O)/C=C/c2ccc(CO)c(CO)c2)cc1OC. The first kappa shape index (κ1) is 18.5. The lowest BCUT2D eigenvalue weighted by Crippen LogP contribution is -2.08. The third-order valence-electron chi connectivity index (χ3n) is 3.65. The fraction of sp³-hybridized carbons (Fsp3) is 0.211. The van der Waals surface area contributed by atoms with Crippen LogP contribution in [0.5, 0.6) is 11.5 Å². The number of aliphatic hydroxyl groups excluding tert-OH is 2. The van der Waals surface area contributed by atoms with Crippen molar-refractivity contribution in [1.29, 1.82) is 0 Å². The lowest BCUT2D eigenvalue weighted by molar-refractivity contribution is -0.111. The third-order valence-corrected chi connectivity index (χ3v) is 3.65. The van der Waals surface area contributed by atoms with Crippen LogP contribution in [0.15, 0.2) is 42.5 Å². The number of amides is 1. The summed E-state index contributed by atoms with van der Waals surface area (Å²) in [7, 11) is 3.07. The van der Waals surface area contributed by atoms with E-state index < -0.39 is 0 Å². The lowest BCUT2D eigenvalue weighted by Gasteiger charge is -2.09. The van der Waals surface area contributed by atoms with Gasteiger partial charge in [0.1, 0.15) is 0 Å². The standard InChI is InChI=1S/C19H21NO5/c1-24-17-7-6-16(10-18(17)25-2)20-19(23)8-4-13-3-5-14(11-21)15(9-13)12-22/h3-10,21-22H,11-12H2,1-2H3,(H,20,23)/b8-4+. The zero-order valence-corrected chi connectivity index (χ0v) is 14.2. The first-order valence-electron chi connectivity index (χ1n) is 7.66. The van der Waals surface area contributed by atoms with Crippen molar-refractivity contribution >= 4 is 17.7 Å². The second-order valence-corrected chi connectivity index (χ2v) is 5.24. The van der Waals surface area contributed by atoms with Gasteiger partial charge in [0.05, 0.1) is 27.4 Å². The van der Waals surface area contributed by atoms with Crippen LogP contribution in [-0.4, -0.2) is 30.3 Å². The second kappa shape index (κ2) is 8.86. The lowest BCUT2D eigenvalue weighted by atomic mass is 10.0. The predicted octanol–water partition coefficient (Wildman–Crippen LogP) is 2.34. The second-order valence-electron chi connectivity index (χ2n) is 5.24. The van der Waals surface area contributed by atoms with Crippen LogP contribution in [0.4, 0.5) is 5.69 Å². The molecule has 0 spiro atoms. The number of anilines is 1. The topological polar surface area (TPSA) is 88.0 Å². The number of benzene rings is 2. The zero-order chi connectivity index (χ0) is 18.2. The number of hydrogen-bond acceptors (Lipinski definition) is 5. The van der Waals surface area contributed by atoms with E-state index in [9.17, 15) is 15.0 Å². The molecular formula is C19H21NO5. The molecule has 2 aromatic rings. The van der Waals surface area contributed by atoms with Gasteiger partial charge in [-0.1, -0.05) is 12.1 Å². The third kappa shape index (κ3) is 4.82. The summed E-state index contributed by atoms with van der Waals surface area (Å²) in [5, 5.41) is 21.2. The number of nitrogens with one attached hydrogen (secondary N) is 1. The number of carbonyl (C=O) groups excluding carboxylic acids is 1. The Morgan fingerprint density at radius 1 is 1.00 bits per heavy atom. The molecule has 0 aliphatic heterocycles. The Balaban J connectivity index is 2.08. The molecular weight excluding hydrogens is 322 g/mol. The molecule has 2 aromatic carbocycles. The van der Waals surface area contributed by atoms with Crippen LogP contribution >= 0.6 is 0 Å². The first-order chi connectivity index (χ1) is 12.1. The Hall–Kier alpha value is -2.83. The van der Waals surface area contributed by atoms with Crippen LogP contribution in [0, 0.1) is 0 Å². The van der Waals surface area contributed by atoms with Gasteiger partial charge in [-0.05, 0) is 41.0 Å². The summed E-state index contributed by atoms with van der Waals surface area (Å²) in [6, 6.07) is 10.3. The molecule has 0 saturated heterocycles. The molecule has 0 radical (unpaired) electrons. The van der Waals surface area contributed by atoms with E-state index in [1.807, 2.05) is 0 Å². The number of carbonyl (C=O) groups is 1.